The third-order valence-electron chi connectivity index (χ3n) is 9.29. The quantitative estimate of drug-likeness (QED) is 0.615. The number of hydrogen-bond acceptors (Lipinski definition) is 4. The van der Waals surface area contributed by atoms with Crippen LogP contribution >= 0.6 is 0 Å². The summed E-state index contributed by atoms with van der Waals surface area (Å²) < 4.78 is 0. The van der Waals surface area contributed by atoms with Crippen molar-refractivity contribution < 1.29 is 20.4 Å². The van der Waals surface area contributed by atoms with Gasteiger partial charge in [-0.1, -0.05) is 13.8 Å². The lowest BCUT2D eigenvalue weighted by molar-refractivity contribution is -0.183. The molecule has 0 radical (unpaired) electrons. The van der Waals surface area contributed by atoms with E-state index < -0.39 is 6.10 Å². The summed E-state index contributed by atoms with van der Waals surface area (Å²) in [5.41, 5.74) is 0.0939. The van der Waals surface area contributed by atoms with Crippen molar-refractivity contribution >= 4 is 0 Å². The van der Waals surface area contributed by atoms with Gasteiger partial charge in [-0.15, -0.1) is 0 Å². The van der Waals surface area contributed by atoms with Crippen molar-refractivity contribution in [1.29, 1.82) is 0 Å². The fourth-order valence-corrected chi connectivity index (χ4v) is 8.16. The second kappa shape index (κ2) is 6.19. The molecule has 4 heteroatoms. The molecule has 0 aliphatic heterocycles. The molecule has 4 nitrogen and oxygen atoms in total. The molecule has 0 spiro atoms. The number of hydrogen-bond donors (Lipinski definition) is 4. The van der Waals surface area contributed by atoms with Gasteiger partial charge in [-0.3, -0.25) is 0 Å². The van der Waals surface area contributed by atoms with Crippen molar-refractivity contribution in [2.24, 2.45) is 40.4 Å². The van der Waals surface area contributed by atoms with Crippen LogP contribution in [0.2, 0.25) is 0 Å². The van der Waals surface area contributed by atoms with Gasteiger partial charge in [0.25, 0.3) is 0 Å². The molecule has 144 valence electrons. The SMILES string of the molecule is C[C@]12CC[C@H](O)C[C@@H]1CC[C@@H]1[C@@H]2[C@@H](O)C[C@]2(C)[C@@H]([C@@H](O)CO)CC[C@@H]12. The summed E-state index contributed by atoms with van der Waals surface area (Å²) >= 11 is 0. The molecule has 4 saturated carbocycles. The Morgan fingerprint density at radius 2 is 1.76 bits per heavy atom. The van der Waals surface area contributed by atoms with E-state index in [1.54, 1.807) is 0 Å². The van der Waals surface area contributed by atoms with Gasteiger partial charge in [0, 0.05) is 0 Å². The van der Waals surface area contributed by atoms with E-state index in [1.807, 2.05) is 0 Å². The maximum absolute atomic E-state index is 11.3. The topological polar surface area (TPSA) is 80.9 Å². The average Bonchev–Trinajstić information content (AvgIpc) is 2.91. The van der Waals surface area contributed by atoms with Crippen LogP contribution in [0.1, 0.15) is 65.2 Å². The van der Waals surface area contributed by atoms with Crippen molar-refractivity contribution in [1.82, 2.24) is 0 Å². The first-order valence-electron chi connectivity index (χ1n) is 10.5. The Balaban J connectivity index is 1.64. The molecule has 0 heterocycles. The monoisotopic (exact) mass is 352 g/mol. The van der Waals surface area contributed by atoms with Crippen molar-refractivity contribution in [3.05, 3.63) is 0 Å². The van der Waals surface area contributed by atoms with Gasteiger partial charge < -0.3 is 20.4 Å². The van der Waals surface area contributed by atoms with E-state index in [0.717, 1.165) is 44.9 Å². The van der Waals surface area contributed by atoms with Gasteiger partial charge in [-0.2, -0.15) is 0 Å². The third-order valence-corrected chi connectivity index (χ3v) is 9.29. The molecular formula is C21H36O4. The van der Waals surface area contributed by atoms with E-state index in [2.05, 4.69) is 13.8 Å². The minimum absolute atomic E-state index is 0.0554. The molecule has 4 aliphatic rings. The highest BCUT2D eigenvalue weighted by Crippen LogP contribution is 2.67. The Hall–Kier alpha value is -0.160. The van der Waals surface area contributed by atoms with Gasteiger partial charge in [0.15, 0.2) is 0 Å². The van der Waals surface area contributed by atoms with Crippen LogP contribution in [0.4, 0.5) is 0 Å². The predicted molar refractivity (Wildman–Crippen MR) is 95.7 cm³/mol. The third kappa shape index (κ3) is 2.55. The van der Waals surface area contributed by atoms with Crippen molar-refractivity contribution in [2.45, 2.75) is 83.5 Å². The second-order valence-corrected chi connectivity index (χ2v) is 10.2. The van der Waals surface area contributed by atoms with Gasteiger partial charge in [0.1, 0.15) is 0 Å². The molecule has 0 unspecified atom stereocenters. The zero-order valence-corrected chi connectivity index (χ0v) is 15.8. The van der Waals surface area contributed by atoms with Gasteiger partial charge in [0.05, 0.1) is 24.9 Å². The Kier molecular flexibility index (Phi) is 4.51. The lowest BCUT2D eigenvalue weighted by Gasteiger charge is -2.62. The molecular weight excluding hydrogens is 316 g/mol. The standard InChI is InChI=1S/C21H36O4/c1-20-8-7-13(23)9-12(20)3-4-14-15-5-6-16(18(25)11-22)21(15,2)10-17(24)19(14)20/h12-19,22-25H,3-11H2,1-2H3/t12-,13-,14-,15-,16+,17-,18-,19+,20-,21-/m0/s1. The lowest BCUT2D eigenvalue weighted by Crippen LogP contribution is -2.59. The maximum atomic E-state index is 11.3. The number of aliphatic hydroxyl groups is 4. The number of fused-ring (bicyclic) bond motifs is 5. The molecule has 10 atom stereocenters. The van der Waals surface area contributed by atoms with E-state index in [4.69, 9.17) is 0 Å². The normalized spacial score (nSPS) is 56.6. The average molecular weight is 353 g/mol. The van der Waals surface area contributed by atoms with E-state index >= 15 is 0 Å². The highest BCUT2D eigenvalue weighted by molar-refractivity contribution is 5.12. The van der Waals surface area contributed by atoms with Crippen molar-refractivity contribution in [3.63, 3.8) is 0 Å². The molecule has 4 N–H and O–H groups in total. The summed E-state index contributed by atoms with van der Waals surface area (Å²) in [5, 5.41) is 41.2. The largest absolute Gasteiger partial charge is 0.394 e. The zero-order chi connectivity index (χ0) is 18.0. The van der Waals surface area contributed by atoms with Crippen LogP contribution in [0.5, 0.6) is 0 Å². The molecule has 0 amide bonds. The molecule has 0 bridgehead atoms. The summed E-state index contributed by atoms with van der Waals surface area (Å²) in [6, 6.07) is 0. The van der Waals surface area contributed by atoms with Gasteiger partial charge >= 0.3 is 0 Å². The molecule has 4 aliphatic carbocycles. The second-order valence-electron chi connectivity index (χ2n) is 10.2. The minimum atomic E-state index is -0.657. The van der Waals surface area contributed by atoms with Gasteiger partial charge in [0.2, 0.25) is 0 Å². The van der Waals surface area contributed by atoms with Crippen LogP contribution in [0.15, 0.2) is 0 Å². The first-order valence-corrected chi connectivity index (χ1v) is 10.5. The van der Waals surface area contributed by atoms with Crippen LogP contribution in [0.25, 0.3) is 0 Å². The molecule has 4 rings (SSSR count). The fraction of sp³-hybridized carbons (Fsp3) is 1.00. The van der Waals surface area contributed by atoms with Crippen LogP contribution in [-0.2, 0) is 0 Å². The van der Waals surface area contributed by atoms with Gasteiger partial charge in [-0.25, -0.2) is 0 Å². The van der Waals surface area contributed by atoms with Crippen LogP contribution < -0.4 is 0 Å². The summed E-state index contributed by atoms with van der Waals surface area (Å²) in [5.74, 6) is 2.06. The molecule has 4 fully saturated rings. The van der Waals surface area contributed by atoms with Crippen LogP contribution in [0.3, 0.4) is 0 Å². The molecule has 0 aromatic carbocycles. The van der Waals surface area contributed by atoms with E-state index in [9.17, 15) is 20.4 Å². The van der Waals surface area contributed by atoms with Crippen LogP contribution in [-0.4, -0.2) is 45.3 Å². The Morgan fingerprint density at radius 3 is 2.48 bits per heavy atom. The highest BCUT2D eigenvalue weighted by Gasteiger charge is 2.63. The summed E-state index contributed by atoms with van der Waals surface area (Å²) in [6.07, 6.45) is 6.84. The number of aliphatic hydroxyl groups excluding tert-OH is 4. The van der Waals surface area contributed by atoms with Crippen molar-refractivity contribution in [2.75, 3.05) is 6.61 Å². The minimum Gasteiger partial charge on any atom is -0.394 e. The fourth-order valence-electron chi connectivity index (χ4n) is 8.16. The molecule has 0 aromatic rings. The smallest absolute Gasteiger partial charge is 0.0804 e. The van der Waals surface area contributed by atoms with E-state index in [1.165, 1.54) is 6.42 Å². The Bertz CT molecular complexity index is 510. The zero-order valence-electron chi connectivity index (χ0n) is 15.8. The Labute approximate surface area is 151 Å². The molecule has 0 saturated heterocycles. The summed E-state index contributed by atoms with van der Waals surface area (Å²) in [4.78, 5) is 0. The molecule has 25 heavy (non-hydrogen) atoms. The van der Waals surface area contributed by atoms with Crippen molar-refractivity contribution in [3.8, 4) is 0 Å². The van der Waals surface area contributed by atoms with E-state index in [0.29, 0.717) is 23.7 Å². The summed E-state index contributed by atoms with van der Waals surface area (Å²) in [6.45, 7) is 4.46. The number of rotatable bonds is 2. The Morgan fingerprint density at radius 1 is 1.00 bits per heavy atom. The lowest BCUT2D eigenvalue weighted by atomic mass is 9.44. The highest BCUT2D eigenvalue weighted by atomic mass is 16.3. The first kappa shape index (κ1) is 18.2. The van der Waals surface area contributed by atoms with E-state index in [-0.39, 0.29) is 35.6 Å². The molecule has 0 aromatic heterocycles. The summed E-state index contributed by atoms with van der Waals surface area (Å²) in [7, 11) is 0. The van der Waals surface area contributed by atoms with Gasteiger partial charge in [-0.05, 0) is 91.8 Å². The predicted octanol–water partition coefficient (Wildman–Crippen LogP) is 2.33. The van der Waals surface area contributed by atoms with Crippen LogP contribution in [0, 0.1) is 40.4 Å². The maximum Gasteiger partial charge on any atom is 0.0804 e. The first-order chi connectivity index (χ1) is 11.8.